The second-order valence-corrected chi connectivity index (χ2v) is 4.38. The fourth-order valence-corrected chi connectivity index (χ4v) is 2.02. The number of hydrogen-bond donors (Lipinski definition) is 1. The molecule has 0 aromatic carbocycles. The fraction of sp³-hybridized carbons (Fsp3) is 0.615. The molecule has 0 bridgehead atoms. The summed E-state index contributed by atoms with van der Waals surface area (Å²) in [4.78, 5) is 2.09. The molecule has 0 aliphatic carbocycles. The van der Waals surface area contributed by atoms with E-state index in [2.05, 4.69) is 21.8 Å². The topological polar surface area (TPSA) is 50.5 Å². The van der Waals surface area contributed by atoms with Gasteiger partial charge in [0.25, 0.3) is 0 Å². The molecule has 0 saturated carbocycles. The molecule has 0 spiro atoms. The highest BCUT2D eigenvalue weighted by atomic mass is 16.5. The molecule has 0 radical (unpaired) electrons. The van der Waals surface area contributed by atoms with Gasteiger partial charge in [0.1, 0.15) is 12.2 Å². The van der Waals surface area contributed by atoms with Gasteiger partial charge in [-0.2, -0.15) is 5.10 Å². The van der Waals surface area contributed by atoms with Gasteiger partial charge in [-0.25, -0.2) is 0 Å². The molecule has 98 valence electrons. The third kappa shape index (κ3) is 3.03. The minimum atomic E-state index is -0.464. The van der Waals surface area contributed by atoms with Gasteiger partial charge >= 0.3 is 0 Å². The maximum absolute atomic E-state index is 9.94. The van der Waals surface area contributed by atoms with Gasteiger partial charge in [-0.1, -0.05) is 5.92 Å². The number of likely N-dealkylation sites (tertiary alicyclic amines) is 1. The van der Waals surface area contributed by atoms with Crippen molar-refractivity contribution >= 4 is 0 Å². The Morgan fingerprint density at radius 1 is 1.56 bits per heavy atom. The van der Waals surface area contributed by atoms with Crippen molar-refractivity contribution in [3.63, 3.8) is 0 Å². The van der Waals surface area contributed by atoms with Crippen molar-refractivity contribution in [3.05, 3.63) is 12.4 Å². The monoisotopic (exact) mass is 249 g/mol. The zero-order valence-corrected chi connectivity index (χ0v) is 10.8. The van der Waals surface area contributed by atoms with Gasteiger partial charge in [0.15, 0.2) is 5.75 Å². The van der Waals surface area contributed by atoms with Crippen molar-refractivity contribution in [1.82, 2.24) is 14.7 Å². The van der Waals surface area contributed by atoms with Gasteiger partial charge in [0.2, 0.25) is 0 Å². The second-order valence-electron chi connectivity index (χ2n) is 4.38. The molecule has 1 aromatic heterocycles. The molecule has 0 amide bonds. The van der Waals surface area contributed by atoms with Gasteiger partial charge in [0.05, 0.1) is 18.9 Å². The fourth-order valence-electron chi connectivity index (χ4n) is 2.02. The van der Waals surface area contributed by atoms with E-state index in [1.807, 2.05) is 20.0 Å². The SMILES string of the molecule is CC#CCN1C[C@@H](O)[C@H](Oc2cnn(CC)c2)C1. The van der Waals surface area contributed by atoms with Gasteiger partial charge < -0.3 is 9.84 Å². The van der Waals surface area contributed by atoms with Crippen molar-refractivity contribution < 1.29 is 9.84 Å². The molecule has 1 aromatic rings. The summed E-state index contributed by atoms with van der Waals surface area (Å²) in [5, 5.41) is 14.1. The predicted octanol–water partition coefficient (Wildman–Crippen LogP) is 0.350. The van der Waals surface area contributed by atoms with Crippen molar-refractivity contribution in [3.8, 4) is 17.6 Å². The van der Waals surface area contributed by atoms with E-state index < -0.39 is 6.10 Å². The first-order valence-electron chi connectivity index (χ1n) is 6.22. The van der Waals surface area contributed by atoms with E-state index in [9.17, 15) is 5.11 Å². The molecule has 0 unspecified atom stereocenters. The molecule has 18 heavy (non-hydrogen) atoms. The van der Waals surface area contributed by atoms with E-state index >= 15 is 0 Å². The molecule has 5 nitrogen and oxygen atoms in total. The lowest BCUT2D eigenvalue weighted by atomic mass is 10.3. The van der Waals surface area contributed by atoms with Crippen LogP contribution < -0.4 is 4.74 Å². The van der Waals surface area contributed by atoms with Crippen LogP contribution in [0.5, 0.6) is 5.75 Å². The summed E-state index contributed by atoms with van der Waals surface area (Å²) in [6.45, 7) is 6.65. The van der Waals surface area contributed by atoms with Crippen LogP contribution in [0.1, 0.15) is 13.8 Å². The number of hydrogen-bond acceptors (Lipinski definition) is 4. The number of β-amino-alcohol motifs (C(OH)–C–C–N with tert-alkyl or cyclic N) is 1. The summed E-state index contributed by atoms with van der Waals surface area (Å²) in [6, 6.07) is 0. The van der Waals surface area contributed by atoms with Gasteiger partial charge in [0, 0.05) is 19.6 Å². The molecule has 1 aliphatic rings. The number of rotatable bonds is 4. The van der Waals surface area contributed by atoms with E-state index in [0.717, 1.165) is 6.54 Å². The first-order valence-corrected chi connectivity index (χ1v) is 6.22. The van der Waals surface area contributed by atoms with Crippen molar-refractivity contribution in [2.75, 3.05) is 19.6 Å². The summed E-state index contributed by atoms with van der Waals surface area (Å²) in [5.41, 5.74) is 0. The zero-order valence-electron chi connectivity index (χ0n) is 10.8. The van der Waals surface area contributed by atoms with Crippen LogP contribution >= 0.6 is 0 Å². The van der Waals surface area contributed by atoms with Crippen molar-refractivity contribution in [1.29, 1.82) is 0 Å². The Labute approximate surface area is 107 Å². The van der Waals surface area contributed by atoms with E-state index in [0.29, 0.717) is 25.4 Å². The largest absolute Gasteiger partial charge is 0.483 e. The molecule has 1 saturated heterocycles. The molecule has 2 heterocycles. The molecule has 2 rings (SSSR count). The van der Waals surface area contributed by atoms with Gasteiger partial charge in [-0.15, -0.1) is 5.92 Å². The second kappa shape index (κ2) is 5.89. The molecular formula is C13H19N3O2. The van der Waals surface area contributed by atoms with Crippen LogP contribution in [0.4, 0.5) is 0 Å². The summed E-state index contributed by atoms with van der Waals surface area (Å²) in [5.74, 6) is 6.57. The summed E-state index contributed by atoms with van der Waals surface area (Å²) >= 11 is 0. The smallest absolute Gasteiger partial charge is 0.157 e. The Balaban J connectivity index is 1.90. The lowest BCUT2D eigenvalue weighted by molar-refractivity contribution is 0.0736. The predicted molar refractivity (Wildman–Crippen MR) is 68.2 cm³/mol. The van der Waals surface area contributed by atoms with Crippen LogP contribution in [0.2, 0.25) is 0 Å². The summed E-state index contributed by atoms with van der Waals surface area (Å²) in [7, 11) is 0. The quantitative estimate of drug-likeness (QED) is 0.782. The number of ether oxygens (including phenoxy) is 1. The van der Waals surface area contributed by atoms with E-state index in [1.54, 1.807) is 10.9 Å². The Bertz CT molecular complexity index is 447. The number of aliphatic hydroxyl groups excluding tert-OH is 1. The highest BCUT2D eigenvalue weighted by molar-refractivity contribution is 5.13. The van der Waals surface area contributed by atoms with Crippen LogP contribution in [0.15, 0.2) is 12.4 Å². The van der Waals surface area contributed by atoms with E-state index in [4.69, 9.17) is 4.74 Å². The molecular weight excluding hydrogens is 230 g/mol. The van der Waals surface area contributed by atoms with E-state index in [-0.39, 0.29) is 6.10 Å². The molecule has 2 atom stereocenters. The van der Waals surface area contributed by atoms with Crippen LogP contribution in [0, 0.1) is 11.8 Å². The maximum Gasteiger partial charge on any atom is 0.157 e. The average molecular weight is 249 g/mol. The van der Waals surface area contributed by atoms with Crippen molar-refractivity contribution in [2.24, 2.45) is 0 Å². The molecule has 1 aliphatic heterocycles. The first kappa shape index (κ1) is 12.9. The van der Waals surface area contributed by atoms with Crippen LogP contribution in [0.25, 0.3) is 0 Å². The summed E-state index contributed by atoms with van der Waals surface area (Å²) in [6.07, 6.45) is 2.87. The Morgan fingerprint density at radius 3 is 3.06 bits per heavy atom. The first-order chi connectivity index (χ1) is 8.72. The average Bonchev–Trinajstić information content (AvgIpc) is 2.95. The minimum absolute atomic E-state index is 0.196. The lowest BCUT2D eigenvalue weighted by Gasteiger charge is -2.14. The zero-order chi connectivity index (χ0) is 13.0. The number of nitrogens with zero attached hydrogens (tertiary/aromatic N) is 3. The van der Waals surface area contributed by atoms with Crippen LogP contribution in [-0.2, 0) is 6.54 Å². The van der Waals surface area contributed by atoms with Crippen LogP contribution in [-0.4, -0.2) is 51.6 Å². The van der Waals surface area contributed by atoms with Gasteiger partial charge in [-0.3, -0.25) is 9.58 Å². The molecule has 1 N–H and O–H groups in total. The third-order valence-electron chi connectivity index (χ3n) is 3.01. The van der Waals surface area contributed by atoms with Gasteiger partial charge in [-0.05, 0) is 13.8 Å². The number of aromatic nitrogens is 2. The standard InChI is InChI=1S/C13H19N3O2/c1-3-5-6-15-9-12(17)13(10-15)18-11-7-14-16(4-2)8-11/h7-8,12-13,17H,4,6,9-10H2,1-2H3/t12-,13-/m1/s1. The van der Waals surface area contributed by atoms with Crippen molar-refractivity contribution in [2.45, 2.75) is 32.6 Å². The maximum atomic E-state index is 9.94. The Hall–Kier alpha value is -1.51. The number of aliphatic hydroxyl groups is 1. The van der Waals surface area contributed by atoms with E-state index in [1.165, 1.54) is 0 Å². The Kier molecular flexibility index (Phi) is 4.24. The Morgan fingerprint density at radius 2 is 2.39 bits per heavy atom. The molecule has 5 heteroatoms. The highest BCUT2D eigenvalue weighted by Crippen LogP contribution is 2.18. The minimum Gasteiger partial charge on any atom is -0.483 e. The number of aryl methyl sites for hydroxylation is 1. The summed E-state index contributed by atoms with van der Waals surface area (Å²) < 4.78 is 7.56. The molecule has 1 fully saturated rings. The highest BCUT2D eigenvalue weighted by Gasteiger charge is 2.32. The third-order valence-corrected chi connectivity index (χ3v) is 3.01. The lowest BCUT2D eigenvalue weighted by Crippen LogP contribution is -2.29. The normalized spacial score (nSPS) is 23.7. The van der Waals surface area contributed by atoms with Crippen LogP contribution in [0.3, 0.4) is 0 Å².